The van der Waals surface area contributed by atoms with E-state index in [9.17, 15) is 9.50 Å². The molecule has 0 radical (unpaired) electrons. The molecule has 0 spiro atoms. The summed E-state index contributed by atoms with van der Waals surface area (Å²) in [4.78, 5) is 0. The number of benzene rings is 1. The molecule has 1 aliphatic rings. The first-order valence-corrected chi connectivity index (χ1v) is 5.15. The third-order valence-corrected chi connectivity index (χ3v) is 3.11. The SMILES string of the molecule is OC1(c2cc(Br)c(F)cc2Cl)COC1. The highest BCUT2D eigenvalue weighted by molar-refractivity contribution is 9.10. The summed E-state index contributed by atoms with van der Waals surface area (Å²) >= 11 is 8.86. The Balaban J connectivity index is 2.48. The van der Waals surface area contributed by atoms with Gasteiger partial charge in [-0.1, -0.05) is 11.6 Å². The molecule has 0 saturated carbocycles. The minimum absolute atomic E-state index is 0.199. The van der Waals surface area contributed by atoms with Gasteiger partial charge in [0.25, 0.3) is 0 Å². The molecule has 2 rings (SSSR count). The van der Waals surface area contributed by atoms with Gasteiger partial charge in [-0.3, -0.25) is 0 Å². The largest absolute Gasteiger partial charge is 0.380 e. The van der Waals surface area contributed by atoms with Crippen LogP contribution in [-0.2, 0) is 10.3 Å². The molecule has 0 bridgehead atoms. The Morgan fingerprint density at radius 1 is 1.50 bits per heavy atom. The molecule has 14 heavy (non-hydrogen) atoms. The zero-order valence-electron chi connectivity index (χ0n) is 7.06. The number of aliphatic hydroxyl groups is 1. The summed E-state index contributed by atoms with van der Waals surface area (Å²) in [6.45, 7) is 0.398. The Bertz CT molecular complexity index is 379. The fraction of sp³-hybridized carbons (Fsp3) is 0.333. The molecule has 0 atom stereocenters. The molecule has 0 unspecified atom stereocenters. The van der Waals surface area contributed by atoms with Crippen LogP contribution in [0.15, 0.2) is 16.6 Å². The molecule has 0 aromatic heterocycles. The first-order valence-electron chi connectivity index (χ1n) is 3.98. The quantitative estimate of drug-likeness (QED) is 0.801. The summed E-state index contributed by atoms with van der Waals surface area (Å²) in [6.07, 6.45) is 0. The second kappa shape index (κ2) is 3.45. The van der Waals surface area contributed by atoms with Crippen LogP contribution in [0.1, 0.15) is 5.56 Å². The lowest BCUT2D eigenvalue weighted by molar-refractivity contribution is -0.184. The number of rotatable bonds is 1. The maximum atomic E-state index is 13.0. The van der Waals surface area contributed by atoms with E-state index in [4.69, 9.17) is 16.3 Å². The van der Waals surface area contributed by atoms with Gasteiger partial charge >= 0.3 is 0 Å². The Labute approximate surface area is 93.8 Å². The predicted octanol–water partition coefficient (Wildman–Crippen LogP) is 2.46. The fourth-order valence-corrected chi connectivity index (χ4v) is 2.00. The van der Waals surface area contributed by atoms with Gasteiger partial charge in [0.15, 0.2) is 0 Å². The van der Waals surface area contributed by atoms with Crippen molar-refractivity contribution in [2.45, 2.75) is 5.60 Å². The predicted molar refractivity (Wildman–Crippen MR) is 53.8 cm³/mol. The molecule has 0 aliphatic carbocycles. The van der Waals surface area contributed by atoms with Gasteiger partial charge in [-0.05, 0) is 28.1 Å². The van der Waals surface area contributed by atoms with Crippen molar-refractivity contribution < 1.29 is 14.2 Å². The van der Waals surface area contributed by atoms with Crippen LogP contribution in [0.5, 0.6) is 0 Å². The Hall–Kier alpha value is -0.160. The van der Waals surface area contributed by atoms with E-state index in [0.717, 1.165) is 0 Å². The summed E-state index contributed by atoms with van der Waals surface area (Å²) in [6, 6.07) is 2.66. The monoisotopic (exact) mass is 280 g/mol. The molecular formula is C9H7BrClFO2. The summed E-state index contributed by atoms with van der Waals surface area (Å²) in [7, 11) is 0. The lowest BCUT2D eigenvalue weighted by atomic mass is 9.92. The van der Waals surface area contributed by atoms with Crippen LogP contribution in [0.3, 0.4) is 0 Å². The molecule has 1 heterocycles. The van der Waals surface area contributed by atoms with E-state index >= 15 is 0 Å². The first kappa shape index (κ1) is 10.4. The molecule has 1 N–H and O–H groups in total. The van der Waals surface area contributed by atoms with Crippen molar-refractivity contribution >= 4 is 27.5 Å². The Morgan fingerprint density at radius 3 is 2.64 bits per heavy atom. The van der Waals surface area contributed by atoms with Gasteiger partial charge in [0.2, 0.25) is 0 Å². The smallest absolute Gasteiger partial charge is 0.138 e. The van der Waals surface area contributed by atoms with Crippen molar-refractivity contribution in [1.82, 2.24) is 0 Å². The van der Waals surface area contributed by atoms with E-state index in [2.05, 4.69) is 15.9 Å². The highest BCUT2D eigenvalue weighted by Crippen LogP contribution is 2.36. The summed E-state index contributed by atoms with van der Waals surface area (Å²) < 4.78 is 18.2. The van der Waals surface area contributed by atoms with Crippen molar-refractivity contribution in [2.75, 3.05) is 13.2 Å². The van der Waals surface area contributed by atoms with Crippen LogP contribution in [0.2, 0.25) is 5.02 Å². The summed E-state index contributed by atoms with van der Waals surface area (Å²) in [5, 5.41) is 10.1. The normalized spacial score (nSPS) is 19.1. The van der Waals surface area contributed by atoms with Crippen molar-refractivity contribution in [3.63, 3.8) is 0 Å². The van der Waals surface area contributed by atoms with E-state index in [0.29, 0.717) is 5.56 Å². The zero-order valence-corrected chi connectivity index (χ0v) is 9.40. The van der Waals surface area contributed by atoms with Gasteiger partial charge in [-0.25, -0.2) is 4.39 Å². The van der Waals surface area contributed by atoms with Gasteiger partial charge in [-0.15, -0.1) is 0 Å². The minimum atomic E-state index is -1.06. The number of halogens is 3. The van der Waals surface area contributed by atoms with Crippen LogP contribution >= 0.6 is 27.5 Å². The second-order valence-electron chi connectivity index (χ2n) is 3.27. The summed E-state index contributed by atoms with van der Waals surface area (Å²) in [5.41, 5.74) is -0.563. The lowest BCUT2D eigenvalue weighted by Gasteiger charge is -2.37. The van der Waals surface area contributed by atoms with Gasteiger partial charge in [0.05, 0.1) is 17.7 Å². The highest BCUT2D eigenvalue weighted by Gasteiger charge is 2.40. The lowest BCUT2D eigenvalue weighted by Crippen LogP contribution is -2.46. The first-order chi connectivity index (χ1) is 6.53. The van der Waals surface area contributed by atoms with E-state index in [1.165, 1.54) is 12.1 Å². The summed E-state index contributed by atoms with van der Waals surface area (Å²) in [5.74, 6) is -0.442. The number of hydrogen-bond donors (Lipinski definition) is 1. The van der Waals surface area contributed by atoms with Gasteiger partial charge in [0, 0.05) is 10.6 Å². The van der Waals surface area contributed by atoms with Crippen molar-refractivity contribution in [1.29, 1.82) is 0 Å². The maximum Gasteiger partial charge on any atom is 0.138 e. The van der Waals surface area contributed by atoms with Crippen LogP contribution in [-0.4, -0.2) is 18.3 Å². The van der Waals surface area contributed by atoms with Crippen molar-refractivity contribution in [2.24, 2.45) is 0 Å². The molecule has 1 aromatic rings. The third-order valence-electron chi connectivity index (χ3n) is 2.19. The zero-order chi connectivity index (χ0) is 10.3. The molecule has 0 amide bonds. The molecular weight excluding hydrogens is 274 g/mol. The molecule has 76 valence electrons. The van der Waals surface area contributed by atoms with Crippen LogP contribution in [0.25, 0.3) is 0 Å². The van der Waals surface area contributed by atoms with E-state index < -0.39 is 11.4 Å². The third kappa shape index (κ3) is 1.56. The van der Waals surface area contributed by atoms with Crippen LogP contribution < -0.4 is 0 Å². The van der Waals surface area contributed by atoms with Crippen molar-refractivity contribution in [3.05, 3.63) is 33.0 Å². The highest BCUT2D eigenvalue weighted by atomic mass is 79.9. The number of hydrogen-bond acceptors (Lipinski definition) is 2. The average Bonchev–Trinajstić information content (AvgIpc) is 2.07. The van der Waals surface area contributed by atoms with Gasteiger partial charge in [0.1, 0.15) is 11.4 Å². The molecule has 5 heteroatoms. The van der Waals surface area contributed by atoms with E-state index in [1.54, 1.807) is 0 Å². The molecule has 1 aliphatic heterocycles. The minimum Gasteiger partial charge on any atom is -0.380 e. The molecule has 1 saturated heterocycles. The molecule has 1 fully saturated rings. The van der Waals surface area contributed by atoms with Crippen LogP contribution in [0.4, 0.5) is 4.39 Å². The molecule has 1 aromatic carbocycles. The van der Waals surface area contributed by atoms with Crippen molar-refractivity contribution in [3.8, 4) is 0 Å². The topological polar surface area (TPSA) is 29.5 Å². The average molecular weight is 282 g/mol. The maximum absolute atomic E-state index is 13.0. The van der Waals surface area contributed by atoms with E-state index in [-0.39, 0.29) is 22.7 Å². The van der Waals surface area contributed by atoms with Gasteiger partial charge < -0.3 is 9.84 Å². The fourth-order valence-electron chi connectivity index (χ4n) is 1.33. The Morgan fingerprint density at radius 2 is 2.14 bits per heavy atom. The van der Waals surface area contributed by atoms with E-state index in [1.807, 2.05) is 0 Å². The van der Waals surface area contributed by atoms with Crippen LogP contribution in [0, 0.1) is 5.82 Å². The number of ether oxygens (including phenoxy) is 1. The van der Waals surface area contributed by atoms with Gasteiger partial charge in [-0.2, -0.15) is 0 Å². The standard InChI is InChI=1S/C9H7BrClFO2/c10-6-1-5(7(11)2-8(6)12)9(13)3-14-4-9/h1-2,13H,3-4H2. The second-order valence-corrected chi connectivity index (χ2v) is 4.53. The Kier molecular flexibility index (Phi) is 2.55. The molecule has 2 nitrogen and oxygen atoms in total.